The van der Waals surface area contributed by atoms with Gasteiger partial charge < -0.3 is 19.5 Å². The van der Waals surface area contributed by atoms with Crippen molar-refractivity contribution in [1.82, 2.24) is 4.98 Å². The molecule has 1 N–H and O–H groups in total. The second-order valence-electron chi connectivity index (χ2n) is 6.06. The number of benzene rings is 2. The molecular weight excluding hydrogens is 360 g/mol. The number of aromatic nitrogens is 1. The zero-order valence-electron chi connectivity index (χ0n) is 14.7. The van der Waals surface area contributed by atoms with Crippen molar-refractivity contribution in [1.29, 1.82) is 0 Å². The third kappa shape index (κ3) is 3.37. The Labute approximate surface area is 160 Å². The lowest BCUT2D eigenvalue weighted by Gasteiger charge is -2.22. The monoisotopic (exact) mass is 376 g/mol. The number of ether oxygens (including phenoxy) is 2. The second kappa shape index (κ2) is 7.40. The summed E-state index contributed by atoms with van der Waals surface area (Å²) in [7, 11) is 0. The van der Waals surface area contributed by atoms with Gasteiger partial charge in [-0.3, -0.25) is 4.79 Å². The number of fused-ring (bicyclic) bond motifs is 2. The van der Waals surface area contributed by atoms with Crippen LogP contribution in [0.25, 0.3) is 0 Å². The molecule has 2 heterocycles. The molecule has 1 aromatic heterocycles. The van der Waals surface area contributed by atoms with Crippen molar-refractivity contribution < 1.29 is 24.2 Å². The number of hydrogen-bond acceptors (Lipinski definition) is 5. The Bertz CT molecular complexity index is 1030. The maximum atomic E-state index is 13.0. The average Bonchev–Trinajstić information content (AvgIpc) is 2.83. The number of rotatable bonds is 5. The van der Waals surface area contributed by atoms with Crippen molar-refractivity contribution >= 4 is 17.6 Å². The summed E-state index contributed by atoms with van der Waals surface area (Å²) >= 11 is 0. The first kappa shape index (κ1) is 17.5. The summed E-state index contributed by atoms with van der Waals surface area (Å²) in [6, 6.07) is 16.7. The Morgan fingerprint density at radius 1 is 1.07 bits per heavy atom. The van der Waals surface area contributed by atoms with Gasteiger partial charge in [0, 0.05) is 6.20 Å². The molecule has 3 aromatic rings. The fraction of sp³-hybridized carbons (Fsp3) is 0.0952. The van der Waals surface area contributed by atoms with E-state index in [9.17, 15) is 9.59 Å². The second-order valence-corrected chi connectivity index (χ2v) is 6.06. The lowest BCUT2D eigenvalue weighted by molar-refractivity contribution is 0.0696. The SMILES string of the molecule is O=C(O)c1ccc(OCCN2C(=O)c3cccnc3Oc3ccccc32)cc1. The minimum atomic E-state index is -0.995. The molecule has 1 amide bonds. The van der Waals surface area contributed by atoms with Crippen LogP contribution in [0.5, 0.6) is 17.4 Å². The Kier molecular flexibility index (Phi) is 4.63. The van der Waals surface area contributed by atoms with Crippen molar-refractivity contribution in [2.75, 3.05) is 18.1 Å². The Morgan fingerprint density at radius 3 is 2.64 bits per heavy atom. The molecule has 0 unspecified atom stereocenters. The number of aromatic carboxylic acids is 1. The van der Waals surface area contributed by atoms with Gasteiger partial charge in [0.1, 0.15) is 17.9 Å². The fourth-order valence-electron chi connectivity index (χ4n) is 2.93. The molecule has 0 bridgehead atoms. The first-order valence-corrected chi connectivity index (χ1v) is 8.63. The van der Waals surface area contributed by atoms with Crippen molar-refractivity contribution in [2.24, 2.45) is 0 Å². The number of pyridine rings is 1. The van der Waals surface area contributed by atoms with Gasteiger partial charge in [-0.25, -0.2) is 9.78 Å². The molecule has 7 nitrogen and oxygen atoms in total. The molecule has 1 aliphatic heterocycles. The Morgan fingerprint density at radius 2 is 1.86 bits per heavy atom. The summed E-state index contributed by atoms with van der Waals surface area (Å²) in [4.78, 5) is 29.7. The number of hydrogen-bond donors (Lipinski definition) is 1. The van der Waals surface area contributed by atoms with Crippen LogP contribution in [0, 0.1) is 0 Å². The van der Waals surface area contributed by atoms with E-state index in [-0.39, 0.29) is 30.5 Å². The zero-order valence-corrected chi connectivity index (χ0v) is 14.7. The van der Waals surface area contributed by atoms with Gasteiger partial charge in [0.15, 0.2) is 5.75 Å². The lowest BCUT2D eigenvalue weighted by atomic mass is 10.2. The van der Waals surface area contributed by atoms with Crippen molar-refractivity contribution in [3.8, 4) is 17.4 Å². The number of nitrogens with zero attached hydrogens (tertiary/aromatic N) is 2. The summed E-state index contributed by atoms with van der Waals surface area (Å²) in [5.74, 6) is 0.120. The number of carboxylic acids is 1. The molecule has 2 aromatic carbocycles. The van der Waals surface area contributed by atoms with Gasteiger partial charge >= 0.3 is 5.97 Å². The number of amides is 1. The van der Waals surface area contributed by atoms with Crippen LogP contribution in [0.15, 0.2) is 66.9 Å². The van der Waals surface area contributed by atoms with Crippen molar-refractivity contribution in [3.63, 3.8) is 0 Å². The standard InChI is InChI=1S/C21H16N2O5/c24-20-16-4-3-11-22-19(16)28-18-6-2-1-5-17(18)23(20)12-13-27-15-9-7-14(8-10-15)21(25)26/h1-11H,12-13H2,(H,25,26). The molecule has 7 heteroatoms. The summed E-state index contributed by atoms with van der Waals surface area (Å²) in [6.07, 6.45) is 1.58. The summed E-state index contributed by atoms with van der Waals surface area (Å²) in [5, 5.41) is 8.95. The highest BCUT2D eigenvalue weighted by Gasteiger charge is 2.28. The van der Waals surface area contributed by atoms with Crippen LogP contribution in [0.1, 0.15) is 20.7 Å². The third-order valence-electron chi connectivity index (χ3n) is 4.29. The maximum Gasteiger partial charge on any atom is 0.335 e. The first-order valence-electron chi connectivity index (χ1n) is 8.63. The highest BCUT2D eigenvalue weighted by molar-refractivity contribution is 6.09. The molecular formula is C21H16N2O5. The summed E-state index contributed by atoms with van der Waals surface area (Å²) in [5.41, 5.74) is 1.20. The molecule has 0 saturated carbocycles. The molecule has 28 heavy (non-hydrogen) atoms. The number of para-hydroxylation sites is 2. The zero-order chi connectivity index (χ0) is 19.5. The van der Waals surface area contributed by atoms with Crippen molar-refractivity contribution in [3.05, 3.63) is 78.0 Å². The third-order valence-corrected chi connectivity index (χ3v) is 4.29. The predicted octanol–water partition coefficient (Wildman–Crippen LogP) is 3.61. The van der Waals surface area contributed by atoms with Crippen molar-refractivity contribution in [2.45, 2.75) is 0 Å². The molecule has 0 fully saturated rings. The van der Waals surface area contributed by atoms with Crippen LogP contribution in [0.3, 0.4) is 0 Å². The smallest absolute Gasteiger partial charge is 0.335 e. The molecule has 1 aliphatic rings. The highest BCUT2D eigenvalue weighted by Crippen LogP contribution is 2.37. The average molecular weight is 376 g/mol. The quantitative estimate of drug-likeness (QED) is 0.732. The molecule has 4 rings (SSSR count). The van der Waals surface area contributed by atoms with Crippen LogP contribution in [-0.4, -0.2) is 35.1 Å². The van der Waals surface area contributed by atoms with Crippen LogP contribution in [0.4, 0.5) is 5.69 Å². The maximum absolute atomic E-state index is 13.0. The van der Waals surface area contributed by atoms with E-state index >= 15 is 0 Å². The van der Waals surface area contributed by atoms with E-state index in [4.69, 9.17) is 14.6 Å². The van der Waals surface area contributed by atoms with Gasteiger partial charge in [-0.05, 0) is 48.5 Å². The minimum Gasteiger partial charge on any atom is -0.492 e. The van der Waals surface area contributed by atoms with Crippen LogP contribution in [0.2, 0.25) is 0 Å². The van der Waals surface area contributed by atoms with Crippen LogP contribution < -0.4 is 14.4 Å². The van der Waals surface area contributed by atoms with E-state index in [0.29, 0.717) is 22.7 Å². The van der Waals surface area contributed by atoms with Gasteiger partial charge in [0.25, 0.3) is 5.91 Å². The molecule has 140 valence electrons. The van der Waals surface area contributed by atoms with Gasteiger partial charge in [0.05, 0.1) is 17.8 Å². The van der Waals surface area contributed by atoms with Crippen LogP contribution in [-0.2, 0) is 0 Å². The molecule has 0 spiro atoms. The van der Waals surface area contributed by atoms with E-state index in [1.807, 2.05) is 12.1 Å². The number of carbonyl (C=O) groups excluding carboxylic acids is 1. The number of carbonyl (C=O) groups is 2. The van der Waals surface area contributed by atoms with Crippen LogP contribution >= 0.6 is 0 Å². The Hall–Kier alpha value is -3.87. The molecule has 0 saturated heterocycles. The lowest BCUT2D eigenvalue weighted by Crippen LogP contribution is -2.34. The minimum absolute atomic E-state index is 0.185. The van der Waals surface area contributed by atoms with Gasteiger partial charge in [-0.1, -0.05) is 12.1 Å². The van der Waals surface area contributed by atoms with Gasteiger partial charge in [-0.2, -0.15) is 0 Å². The normalized spacial score (nSPS) is 12.4. The fourth-order valence-corrected chi connectivity index (χ4v) is 2.93. The number of carboxylic acid groups (broad SMARTS) is 1. The van der Waals surface area contributed by atoms with Gasteiger partial charge in [0.2, 0.25) is 5.88 Å². The topological polar surface area (TPSA) is 89.0 Å². The number of anilines is 1. The van der Waals surface area contributed by atoms with E-state index in [0.717, 1.165) is 0 Å². The van der Waals surface area contributed by atoms with Gasteiger partial charge in [-0.15, -0.1) is 0 Å². The van der Waals surface area contributed by atoms with E-state index in [2.05, 4.69) is 4.98 Å². The first-order chi connectivity index (χ1) is 13.6. The highest BCUT2D eigenvalue weighted by atomic mass is 16.5. The summed E-state index contributed by atoms with van der Waals surface area (Å²) in [6.45, 7) is 0.510. The predicted molar refractivity (Wildman–Crippen MR) is 101 cm³/mol. The van der Waals surface area contributed by atoms with E-state index in [1.54, 1.807) is 47.5 Å². The largest absolute Gasteiger partial charge is 0.492 e. The van der Waals surface area contributed by atoms with E-state index < -0.39 is 5.97 Å². The summed E-state index contributed by atoms with van der Waals surface area (Å²) < 4.78 is 11.5. The molecule has 0 aliphatic carbocycles. The molecule has 0 atom stereocenters. The molecule has 0 radical (unpaired) electrons. The Balaban J connectivity index is 1.54. The van der Waals surface area contributed by atoms with E-state index in [1.165, 1.54) is 12.1 Å².